The molecule has 0 unspecified atom stereocenters. The van der Waals surface area contributed by atoms with Crippen LogP contribution < -0.4 is 4.90 Å². The molecule has 39 heavy (non-hydrogen) atoms. The molecule has 0 radical (unpaired) electrons. The predicted molar refractivity (Wildman–Crippen MR) is 146 cm³/mol. The molecule has 4 rings (SSSR count). The third-order valence-corrected chi connectivity index (χ3v) is 6.59. The second-order valence-corrected chi connectivity index (χ2v) is 9.35. The van der Waals surface area contributed by atoms with Gasteiger partial charge in [0.1, 0.15) is 17.5 Å². The van der Waals surface area contributed by atoms with E-state index >= 15 is 0 Å². The highest BCUT2D eigenvalue weighted by Crippen LogP contribution is 2.30. The quantitative estimate of drug-likeness (QED) is 0.337. The minimum atomic E-state index is -1.26. The normalized spacial score (nSPS) is 13.8. The molecule has 206 valence electrons. The Labute approximate surface area is 231 Å². The first-order valence-corrected chi connectivity index (χ1v) is 12.8. The van der Waals surface area contributed by atoms with Gasteiger partial charge < -0.3 is 15.1 Å². The van der Waals surface area contributed by atoms with E-state index in [-0.39, 0.29) is 17.6 Å². The van der Waals surface area contributed by atoms with Crippen LogP contribution in [0.25, 0.3) is 0 Å². The number of carboxylic acid groups (broad SMARTS) is 2. The van der Waals surface area contributed by atoms with Gasteiger partial charge in [-0.05, 0) is 66.9 Å². The molecule has 1 fully saturated rings. The van der Waals surface area contributed by atoms with Gasteiger partial charge in [0.2, 0.25) is 0 Å². The number of aromatic nitrogens is 1. The van der Waals surface area contributed by atoms with E-state index in [1.165, 1.54) is 24.3 Å². The van der Waals surface area contributed by atoms with Crippen LogP contribution in [0.1, 0.15) is 29.9 Å². The molecule has 0 spiro atoms. The number of rotatable bonds is 9. The van der Waals surface area contributed by atoms with Crippen LogP contribution in [-0.2, 0) is 9.59 Å². The lowest BCUT2D eigenvalue weighted by molar-refractivity contribution is -0.134. The molecular formula is C29H30ClF2N3O4. The van der Waals surface area contributed by atoms with Crippen molar-refractivity contribution in [2.24, 2.45) is 0 Å². The predicted octanol–water partition coefficient (Wildman–Crippen LogP) is 5.46. The third-order valence-electron chi connectivity index (χ3n) is 6.29. The van der Waals surface area contributed by atoms with Crippen molar-refractivity contribution in [3.05, 3.63) is 107 Å². The molecule has 2 aromatic carbocycles. The molecular weight excluding hydrogens is 528 g/mol. The fraction of sp³-hybridized carbons (Fsp3) is 0.276. The van der Waals surface area contributed by atoms with Crippen molar-refractivity contribution in [3.8, 4) is 0 Å². The molecule has 3 aromatic rings. The summed E-state index contributed by atoms with van der Waals surface area (Å²) in [6.45, 7) is 4.71. The molecule has 1 aliphatic rings. The Kier molecular flexibility index (Phi) is 11.4. The van der Waals surface area contributed by atoms with E-state index in [1.807, 2.05) is 36.4 Å². The summed E-state index contributed by atoms with van der Waals surface area (Å²) in [6.07, 6.45) is 4.82. The summed E-state index contributed by atoms with van der Waals surface area (Å²) in [5.74, 6) is -2.02. The maximum Gasteiger partial charge on any atom is 0.328 e. The number of carbonyl (C=O) groups is 2. The van der Waals surface area contributed by atoms with Crippen LogP contribution in [0.3, 0.4) is 0 Å². The van der Waals surface area contributed by atoms with Crippen molar-refractivity contribution in [2.75, 3.05) is 37.6 Å². The Bertz CT molecular complexity index is 1190. The van der Waals surface area contributed by atoms with Crippen molar-refractivity contribution >= 4 is 29.4 Å². The molecule has 1 aromatic heterocycles. The van der Waals surface area contributed by atoms with Crippen molar-refractivity contribution in [1.29, 1.82) is 0 Å². The zero-order valence-electron chi connectivity index (χ0n) is 21.2. The van der Waals surface area contributed by atoms with Gasteiger partial charge in [-0.15, -0.1) is 0 Å². The minimum absolute atomic E-state index is 0.120. The Hall–Kier alpha value is -3.82. The van der Waals surface area contributed by atoms with E-state index in [9.17, 15) is 18.4 Å². The molecule has 7 nitrogen and oxygen atoms in total. The lowest BCUT2D eigenvalue weighted by atomic mass is 9.87. The van der Waals surface area contributed by atoms with Gasteiger partial charge in [0.25, 0.3) is 0 Å². The summed E-state index contributed by atoms with van der Waals surface area (Å²) in [6, 6.07) is 17.0. The van der Waals surface area contributed by atoms with Crippen LogP contribution in [0.15, 0.2) is 79.0 Å². The van der Waals surface area contributed by atoms with Gasteiger partial charge in [-0.1, -0.05) is 35.9 Å². The first-order chi connectivity index (χ1) is 18.7. The van der Waals surface area contributed by atoms with Crippen molar-refractivity contribution < 1.29 is 28.6 Å². The van der Waals surface area contributed by atoms with Gasteiger partial charge in [0.15, 0.2) is 0 Å². The molecule has 0 saturated carbocycles. The van der Waals surface area contributed by atoms with E-state index in [0.717, 1.165) is 62.5 Å². The van der Waals surface area contributed by atoms with Crippen LogP contribution in [0.5, 0.6) is 0 Å². The second-order valence-electron chi connectivity index (χ2n) is 8.95. The Balaban J connectivity index is 0.000000459. The standard InChI is InChI=1S/C25H26ClF2N3.C4H4O4/c26-24-4-1-13-29-25(24)31-17-15-30(16-18-31)14-2-3-23(19-5-9-21(27)10-6-19)20-7-11-22(28)12-8-20;5-3(6)1-2-4(7)8/h1,4-13,23H,2-3,14-18H2;1-2H,(H,5,6)(H,7,8)/b;2-1+. The highest BCUT2D eigenvalue weighted by atomic mass is 35.5. The molecule has 10 heteroatoms. The molecule has 0 atom stereocenters. The maximum absolute atomic E-state index is 13.4. The zero-order valence-corrected chi connectivity index (χ0v) is 22.0. The molecule has 1 aliphatic heterocycles. The van der Waals surface area contributed by atoms with Gasteiger partial charge >= 0.3 is 11.9 Å². The number of aliphatic carboxylic acids is 2. The van der Waals surface area contributed by atoms with Gasteiger partial charge in [-0.3, -0.25) is 4.90 Å². The number of carboxylic acids is 2. The average Bonchev–Trinajstić information content (AvgIpc) is 2.92. The van der Waals surface area contributed by atoms with Crippen LogP contribution in [0, 0.1) is 11.6 Å². The maximum atomic E-state index is 13.4. The fourth-order valence-electron chi connectivity index (χ4n) is 4.37. The van der Waals surface area contributed by atoms with Crippen molar-refractivity contribution in [2.45, 2.75) is 18.8 Å². The molecule has 2 heterocycles. The van der Waals surface area contributed by atoms with E-state index in [4.69, 9.17) is 21.8 Å². The third kappa shape index (κ3) is 9.77. The highest BCUT2D eigenvalue weighted by molar-refractivity contribution is 6.32. The van der Waals surface area contributed by atoms with Crippen LogP contribution >= 0.6 is 11.6 Å². The molecule has 0 bridgehead atoms. The monoisotopic (exact) mass is 557 g/mol. The fourth-order valence-corrected chi connectivity index (χ4v) is 4.61. The van der Waals surface area contributed by atoms with E-state index in [2.05, 4.69) is 14.8 Å². The first kappa shape index (κ1) is 29.7. The van der Waals surface area contributed by atoms with Gasteiger partial charge in [-0.2, -0.15) is 0 Å². The second kappa shape index (κ2) is 14.9. The number of hydrogen-bond donors (Lipinski definition) is 2. The molecule has 0 aliphatic carbocycles. The van der Waals surface area contributed by atoms with Gasteiger partial charge in [-0.25, -0.2) is 23.4 Å². The summed E-state index contributed by atoms with van der Waals surface area (Å²) in [7, 11) is 0. The lowest BCUT2D eigenvalue weighted by Crippen LogP contribution is -2.47. The summed E-state index contributed by atoms with van der Waals surface area (Å²) in [5, 5.41) is 16.3. The minimum Gasteiger partial charge on any atom is -0.478 e. The summed E-state index contributed by atoms with van der Waals surface area (Å²) in [5.41, 5.74) is 2.12. The Morgan fingerprint density at radius 2 is 1.38 bits per heavy atom. The highest BCUT2D eigenvalue weighted by Gasteiger charge is 2.20. The number of piperazine rings is 1. The van der Waals surface area contributed by atoms with Crippen molar-refractivity contribution in [1.82, 2.24) is 9.88 Å². The van der Waals surface area contributed by atoms with Crippen LogP contribution in [0.2, 0.25) is 5.02 Å². The largest absolute Gasteiger partial charge is 0.478 e. The molecule has 1 saturated heterocycles. The number of halogens is 3. The lowest BCUT2D eigenvalue weighted by Gasteiger charge is -2.36. The first-order valence-electron chi connectivity index (χ1n) is 12.5. The van der Waals surface area contributed by atoms with Crippen LogP contribution in [-0.4, -0.2) is 64.8 Å². The number of benzene rings is 2. The molecule has 2 N–H and O–H groups in total. The van der Waals surface area contributed by atoms with Crippen molar-refractivity contribution in [3.63, 3.8) is 0 Å². The van der Waals surface area contributed by atoms with Gasteiger partial charge in [0, 0.05) is 50.4 Å². The topological polar surface area (TPSA) is 94.0 Å². The Morgan fingerprint density at radius 1 is 0.872 bits per heavy atom. The molecule has 0 amide bonds. The number of hydrogen-bond acceptors (Lipinski definition) is 5. The Morgan fingerprint density at radius 3 is 1.85 bits per heavy atom. The summed E-state index contributed by atoms with van der Waals surface area (Å²) < 4.78 is 26.8. The summed E-state index contributed by atoms with van der Waals surface area (Å²) in [4.78, 5) is 28.2. The average molecular weight is 558 g/mol. The number of anilines is 1. The SMILES string of the molecule is Fc1ccc(C(CCCN2CCN(c3ncccc3Cl)CC2)c2ccc(F)cc2)cc1.O=C(O)/C=C/C(=O)O. The number of pyridine rings is 1. The summed E-state index contributed by atoms with van der Waals surface area (Å²) >= 11 is 6.28. The van der Waals surface area contributed by atoms with Crippen LogP contribution in [0.4, 0.5) is 14.6 Å². The van der Waals surface area contributed by atoms with Gasteiger partial charge in [0.05, 0.1) is 5.02 Å². The number of nitrogens with zero attached hydrogens (tertiary/aromatic N) is 3. The van der Waals surface area contributed by atoms with E-state index < -0.39 is 11.9 Å². The van der Waals surface area contributed by atoms with E-state index in [0.29, 0.717) is 17.2 Å². The zero-order chi connectivity index (χ0) is 28.2. The van der Waals surface area contributed by atoms with E-state index in [1.54, 1.807) is 6.20 Å². The smallest absolute Gasteiger partial charge is 0.328 e.